The van der Waals surface area contributed by atoms with Crippen molar-refractivity contribution in [3.05, 3.63) is 22.0 Å². The van der Waals surface area contributed by atoms with Gasteiger partial charge in [-0.05, 0) is 27.7 Å². The normalized spacial score (nSPS) is 17.2. The molecule has 1 nitrogen and oxygen atoms in total. The summed E-state index contributed by atoms with van der Waals surface area (Å²) in [6.07, 6.45) is 3.76. The average Bonchev–Trinajstić information content (AvgIpc) is 2.00. The summed E-state index contributed by atoms with van der Waals surface area (Å²) in [7, 11) is -0.887. The van der Waals surface area contributed by atoms with E-state index >= 15 is 0 Å². The fraction of sp³-hybridized carbons (Fsp3) is 0.500. The van der Waals surface area contributed by atoms with Crippen LogP contribution in [0.2, 0.25) is 0 Å². The van der Waals surface area contributed by atoms with Gasteiger partial charge in [0.1, 0.15) is 0 Å². The van der Waals surface area contributed by atoms with Crippen molar-refractivity contribution in [2.45, 2.75) is 27.7 Å². The van der Waals surface area contributed by atoms with E-state index < -0.39 is 10.8 Å². The topological polar surface area (TPSA) is 17.1 Å². The highest BCUT2D eigenvalue weighted by atomic mass is 32.2. The van der Waals surface area contributed by atoms with Crippen LogP contribution < -0.4 is 0 Å². The molecule has 0 spiro atoms. The van der Waals surface area contributed by atoms with E-state index in [2.05, 4.69) is 0 Å². The van der Waals surface area contributed by atoms with E-state index in [-0.39, 0.29) is 0 Å². The molecule has 0 N–H and O–H groups in total. The Morgan fingerprint density at radius 1 is 1.10 bits per heavy atom. The molecular formula is C8H14OS. The van der Waals surface area contributed by atoms with E-state index in [1.165, 1.54) is 0 Å². The molecule has 2 heteroatoms. The molecule has 0 fully saturated rings. The summed E-state index contributed by atoms with van der Waals surface area (Å²) in [6.45, 7) is 7.55. The van der Waals surface area contributed by atoms with Crippen LogP contribution in [0.5, 0.6) is 0 Å². The van der Waals surface area contributed by atoms with Crippen LogP contribution in [0.15, 0.2) is 22.0 Å². The SMILES string of the molecule is C/C=C(/C)S(=O)/C(C)=C\C. The van der Waals surface area contributed by atoms with Crippen LogP contribution in [0.3, 0.4) is 0 Å². The van der Waals surface area contributed by atoms with Gasteiger partial charge in [0.2, 0.25) is 0 Å². The molecule has 0 saturated carbocycles. The standard InChI is InChI=1S/C8H14OS/c1-5-7(3)10(9)8(4)6-2/h5-6H,1-4H3/b7-5-,8-6-. The molecule has 0 aromatic rings. The summed E-state index contributed by atoms with van der Waals surface area (Å²) in [6, 6.07) is 0. The van der Waals surface area contributed by atoms with Crippen molar-refractivity contribution in [3.8, 4) is 0 Å². The Morgan fingerprint density at radius 2 is 1.40 bits per heavy atom. The molecule has 0 atom stereocenters. The van der Waals surface area contributed by atoms with E-state index in [0.717, 1.165) is 9.81 Å². The maximum Gasteiger partial charge on any atom is 0.0754 e. The van der Waals surface area contributed by atoms with Crippen molar-refractivity contribution >= 4 is 10.8 Å². The van der Waals surface area contributed by atoms with Crippen LogP contribution >= 0.6 is 0 Å². The largest absolute Gasteiger partial charge is 0.250 e. The quantitative estimate of drug-likeness (QED) is 0.603. The predicted molar refractivity (Wildman–Crippen MR) is 47.0 cm³/mol. The van der Waals surface area contributed by atoms with Gasteiger partial charge in [0.05, 0.1) is 10.8 Å². The monoisotopic (exact) mass is 158 g/mol. The lowest BCUT2D eigenvalue weighted by Gasteiger charge is -1.98. The third kappa shape index (κ3) is 2.48. The third-order valence-corrected chi connectivity index (χ3v) is 3.04. The van der Waals surface area contributed by atoms with Crippen LogP contribution in [0.25, 0.3) is 0 Å². The first-order chi connectivity index (χ1) is 4.63. The highest BCUT2D eigenvalue weighted by Gasteiger charge is 2.00. The molecule has 0 unspecified atom stereocenters. The first-order valence-electron chi connectivity index (χ1n) is 3.31. The Morgan fingerprint density at radius 3 is 1.60 bits per heavy atom. The predicted octanol–water partition coefficient (Wildman–Crippen LogP) is 2.58. The lowest BCUT2D eigenvalue weighted by Crippen LogP contribution is -1.91. The number of hydrogen-bond donors (Lipinski definition) is 0. The summed E-state index contributed by atoms with van der Waals surface area (Å²) in [5, 5.41) is 0. The summed E-state index contributed by atoms with van der Waals surface area (Å²) < 4.78 is 11.3. The number of allylic oxidation sites excluding steroid dienone is 4. The molecule has 0 amide bonds. The molecule has 0 heterocycles. The molecule has 0 aliphatic carbocycles. The van der Waals surface area contributed by atoms with Gasteiger partial charge in [-0.1, -0.05) is 12.2 Å². The van der Waals surface area contributed by atoms with Gasteiger partial charge in [0, 0.05) is 9.81 Å². The van der Waals surface area contributed by atoms with Gasteiger partial charge in [0.25, 0.3) is 0 Å². The number of hydrogen-bond acceptors (Lipinski definition) is 1. The van der Waals surface area contributed by atoms with Crippen molar-refractivity contribution in [2.75, 3.05) is 0 Å². The van der Waals surface area contributed by atoms with Crippen molar-refractivity contribution < 1.29 is 4.21 Å². The summed E-state index contributed by atoms with van der Waals surface area (Å²) >= 11 is 0. The van der Waals surface area contributed by atoms with Crippen molar-refractivity contribution in [1.82, 2.24) is 0 Å². The molecule has 0 aromatic heterocycles. The van der Waals surface area contributed by atoms with Gasteiger partial charge < -0.3 is 0 Å². The average molecular weight is 158 g/mol. The first-order valence-corrected chi connectivity index (χ1v) is 4.46. The van der Waals surface area contributed by atoms with E-state index in [0.29, 0.717) is 0 Å². The summed E-state index contributed by atoms with van der Waals surface area (Å²) in [5.41, 5.74) is 0. The molecule has 10 heavy (non-hydrogen) atoms. The minimum atomic E-state index is -0.887. The van der Waals surface area contributed by atoms with E-state index in [1.54, 1.807) is 0 Å². The maximum absolute atomic E-state index is 11.3. The molecule has 0 aliphatic heterocycles. The Bertz CT molecular complexity index is 169. The minimum absolute atomic E-state index is 0.887. The molecule has 0 radical (unpaired) electrons. The Kier molecular flexibility index (Phi) is 4.28. The third-order valence-electron chi connectivity index (χ3n) is 1.40. The highest BCUT2D eigenvalue weighted by molar-refractivity contribution is 7.92. The molecule has 0 bridgehead atoms. The molecule has 58 valence electrons. The van der Waals surface area contributed by atoms with Crippen LogP contribution in [-0.4, -0.2) is 4.21 Å². The lowest BCUT2D eigenvalue weighted by atomic mass is 10.6. The van der Waals surface area contributed by atoms with Crippen molar-refractivity contribution in [2.24, 2.45) is 0 Å². The Labute approximate surface area is 65.3 Å². The van der Waals surface area contributed by atoms with Gasteiger partial charge in [-0.15, -0.1) is 0 Å². The second kappa shape index (κ2) is 4.45. The Hall–Kier alpha value is -0.370. The first kappa shape index (κ1) is 9.63. The fourth-order valence-electron chi connectivity index (χ4n) is 0.468. The van der Waals surface area contributed by atoms with E-state index in [4.69, 9.17) is 0 Å². The van der Waals surface area contributed by atoms with Gasteiger partial charge in [-0.3, -0.25) is 0 Å². The van der Waals surface area contributed by atoms with Crippen LogP contribution in [0.4, 0.5) is 0 Å². The van der Waals surface area contributed by atoms with Gasteiger partial charge >= 0.3 is 0 Å². The Balaban J connectivity index is 4.39. The van der Waals surface area contributed by atoms with Gasteiger partial charge in [0.15, 0.2) is 0 Å². The van der Waals surface area contributed by atoms with Crippen LogP contribution in [0.1, 0.15) is 27.7 Å². The summed E-state index contributed by atoms with van der Waals surface area (Å²) in [4.78, 5) is 1.85. The summed E-state index contributed by atoms with van der Waals surface area (Å²) in [5.74, 6) is 0. The molecule has 0 rings (SSSR count). The maximum atomic E-state index is 11.3. The zero-order valence-corrected chi connectivity index (χ0v) is 7.79. The lowest BCUT2D eigenvalue weighted by molar-refractivity contribution is 0.690. The zero-order chi connectivity index (χ0) is 8.15. The van der Waals surface area contributed by atoms with Crippen molar-refractivity contribution in [3.63, 3.8) is 0 Å². The van der Waals surface area contributed by atoms with Crippen LogP contribution in [0, 0.1) is 0 Å². The van der Waals surface area contributed by atoms with E-state index in [9.17, 15) is 4.21 Å². The fourth-order valence-corrected chi connectivity index (χ4v) is 1.40. The smallest absolute Gasteiger partial charge is 0.0754 e. The zero-order valence-electron chi connectivity index (χ0n) is 6.97. The second-order valence-electron chi connectivity index (χ2n) is 2.07. The second-order valence-corrected chi connectivity index (χ2v) is 3.89. The highest BCUT2D eigenvalue weighted by Crippen LogP contribution is 2.09. The molecule has 0 aromatic carbocycles. The molecule has 0 aliphatic rings. The minimum Gasteiger partial charge on any atom is -0.250 e. The van der Waals surface area contributed by atoms with E-state index in [1.807, 2.05) is 39.8 Å². The van der Waals surface area contributed by atoms with Gasteiger partial charge in [-0.25, -0.2) is 4.21 Å². The molecular weight excluding hydrogens is 144 g/mol. The van der Waals surface area contributed by atoms with Crippen molar-refractivity contribution in [1.29, 1.82) is 0 Å². The van der Waals surface area contributed by atoms with Gasteiger partial charge in [-0.2, -0.15) is 0 Å². The number of rotatable bonds is 2. The molecule has 0 saturated heterocycles. The van der Waals surface area contributed by atoms with Crippen LogP contribution in [-0.2, 0) is 10.8 Å².